The van der Waals surface area contributed by atoms with Crippen molar-refractivity contribution < 1.29 is 12.8 Å². The van der Waals surface area contributed by atoms with Gasteiger partial charge in [-0.05, 0) is 42.8 Å². The molecule has 0 aliphatic heterocycles. The van der Waals surface area contributed by atoms with E-state index >= 15 is 0 Å². The van der Waals surface area contributed by atoms with Gasteiger partial charge in [0, 0.05) is 13.1 Å². The third-order valence-electron chi connectivity index (χ3n) is 3.16. The zero-order chi connectivity index (χ0) is 15.5. The molecule has 0 amide bonds. The van der Waals surface area contributed by atoms with Crippen LogP contribution in [0, 0.1) is 5.82 Å². The molecule has 4 nitrogen and oxygen atoms in total. The molecule has 0 radical (unpaired) electrons. The molecule has 0 fully saturated rings. The van der Waals surface area contributed by atoms with Crippen molar-refractivity contribution in [3.8, 4) is 0 Å². The van der Waals surface area contributed by atoms with E-state index in [0.29, 0.717) is 11.3 Å². The molecule has 0 heterocycles. The second-order valence-electron chi connectivity index (χ2n) is 4.46. The molecule has 0 aliphatic rings. The van der Waals surface area contributed by atoms with Crippen LogP contribution in [0.25, 0.3) is 0 Å². The molecule has 2 rings (SSSR count). The lowest BCUT2D eigenvalue weighted by atomic mass is 10.2. The molecule has 0 atom stereocenters. The van der Waals surface area contributed by atoms with E-state index in [-0.39, 0.29) is 18.0 Å². The molecule has 0 saturated heterocycles. The van der Waals surface area contributed by atoms with E-state index in [4.69, 9.17) is 5.73 Å². The van der Waals surface area contributed by atoms with E-state index in [9.17, 15) is 12.8 Å². The first-order valence-corrected chi connectivity index (χ1v) is 8.01. The summed E-state index contributed by atoms with van der Waals surface area (Å²) in [6.07, 6.45) is 0. The maximum atomic E-state index is 13.0. The summed E-state index contributed by atoms with van der Waals surface area (Å²) in [4.78, 5) is 0.179. The van der Waals surface area contributed by atoms with Crippen molar-refractivity contribution in [3.05, 3.63) is 59.9 Å². The fraction of sp³-hybridized carbons (Fsp3) is 0.200. The molecule has 0 spiro atoms. The first-order valence-electron chi connectivity index (χ1n) is 6.57. The van der Waals surface area contributed by atoms with Gasteiger partial charge in [0.25, 0.3) is 10.0 Å². The highest BCUT2D eigenvalue weighted by atomic mass is 32.2. The summed E-state index contributed by atoms with van der Waals surface area (Å²) in [5, 5.41) is 0. The van der Waals surface area contributed by atoms with E-state index in [1.54, 1.807) is 25.1 Å². The van der Waals surface area contributed by atoms with Crippen LogP contribution in [0.1, 0.15) is 12.5 Å². The van der Waals surface area contributed by atoms with Gasteiger partial charge in [0.05, 0.1) is 10.6 Å². The minimum Gasteiger partial charge on any atom is -0.326 e. The van der Waals surface area contributed by atoms with Crippen LogP contribution in [0.5, 0.6) is 0 Å². The number of nitrogens with two attached hydrogens (primary N) is 1. The molecule has 2 aromatic rings. The van der Waals surface area contributed by atoms with Gasteiger partial charge in [-0.1, -0.05) is 18.2 Å². The normalized spacial score (nSPS) is 11.4. The molecule has 2 aromatic carbocycles. The number of benzene rings is 2. The van der Waals surface area contributed by atoms with Gasteiger partial charge in [0.1, 0.15) is 5.82 Å². The second kappa shape index (κ2) is 6.24. The Morgan fingerprint density at radius 1 is 1.10 bits per heavy atom. The SMILES string of the molecule is CCN(c1ccc(F)cc1)S(=O)(=O)c1ccccc1CN. The number of nitrogens with zero attached hydrogens (tertiary/aromatic N) is 1. The smallest absolute Gasteiger partial charge is 0.264 e. The number of hydrogen-bond acceptors (Lipinski definition) is 3. The van der Waals surface area contributed by atoms with Gasteiger partial charge in [0.15, 0.2) is 0 Å². The lowest BCUT2D eigenvalue weighted by molar-refractivity contribution is 0.590. The predicted molar refractivity (Wildman–Crippen MR) is 80.9 cm³/mol. The largest absolute Gasteiger partial charge is 0.326 e. The molecule has 112 valence electrons. The molecule has 21 heavy (non-hydrogen) atoms. The Balaban J connectivity index is 2.52. The average Bonchev–Trinajstić information content (AvgIpc) is 2.49. The summed E-state index contributed by atoms with van der Waals surface area (Å²) in [5.41, 5.74) is 6.59. The summed E-state index contributed by atoms with van der Waals surface area (Å²) >= 11 is 0. The molecule has 0 saturated carbocycles. The van der Waals surface area contributed by atoms with Crippen LogP contribution in [0.2, 0.25) is 0 Å². The molecular weight excluding hydrogens is 291 g/mol. The third kappa shape index (κ3) is 3.06. The quantitative estimate of drug-likeness (QED) is 0.923. The van der Waals surface area contributed by atoms with Crippen molar-refractivity contribution >= 4 is 15.7 Å². The minimum absolute atomic E-state index is 0.135. The van der Waals surface area contributed by atoms with E-state index in [1.807, 2.05) is 0 Å². The third-order valence-corrected chi connectivity index (χ3v) is 5.17. The van der Waals surface area contributed by atoms with Gasteiger partial charge in [-0.2, -0.15) is 0 Å². The van der Waals surface area contributed by atoms with Crippen LogP contribution in [-0.4, -0.2) is 15.0 Å². The van der Waals surface area contributed by atoms with Gasteiger partial charge in [-0.15, -0.1) is 0 Å². The van der Waals surface area contributed by atoms with Crippen LogP contribution >= 0.6 is 0 Å². The molecule has 2 N–H and O–H groups in total. The van der Waals surface area contributed by atoms with Crippen molar-refractivity contribution in [1.82, 2.24) is 0 Å². The Kier molecular flexibility index (Phi) is 4.59. The lowest BCUT2D eigenvalue weighted by Gasteiger charge is -2.24. The van der Waals surface area contributed by atoms with Crippen molar-refractivity contribution in [2.45, 2.75) is 18.4 Å². The first kappa shape index (κ1) is 15.5. The van der Waals surface area contributed by atoms with E-state index in [1.165, 1.54) is 34.6 Å². The summed E-state index contributed by atoms with van der Waals surface area (Å²) < 4.78 is 39.9. The topological polar surface area (TPSA) is 63.4 Å². The Hall–Kier alpha value is -1.92. The zero-order valence-electron chi connectivity index (χ0n) is 11.7. The Morgan fingerprint density at radius 2 is 1.71 bits per heavy atom. The van der Waals surface area contributed by atoms with E-state index < -0.39 is 15.8 Å². The van der Waals surface area contributed by atoms with Crippen molar-refractivity contribution in [3.63, 3.8) is 0 Å². The van der Waals surface area contributed by atoms with Gasteiger partial charge in [-0.3, -0.25) is 4.31 Å². The van der Waals surface area contributed by atoms with Crippen molar-refractivity contribution in [2.75, 3.05) is 10.8 Å². The molecule has 0 bridgehead atoms. The molecule has 0 aromatic heterocycles. The van der Waals surface area contributed by atoms with Crippen molar-refractivity contribution in [2.24, 2.45) is 5.73 Å². The zero-order valence-corrected chi connectivity index (χ0v) is 12.5. The van der Waals surface area contributed by atoms with Crippen LogP contribution in [0.15, 0.2) is 53.4 Å². The second-order valence-corrected chi connectivity index (χ2v) is 6.29. The number of halogens is 1. The van der Waals surface area contributed by atoms with Crippen LogP contribution in [-0.2, 0) is 16.6 Å². The fourth-order valence-corrected chi connectivity index (χ4v) is 3.85. The number of anilines is 1. The molecular formula is C15H17FN2O2S. The van der Waals surface area contributed by atoms with E-state index in [2.05, 4.69) is 0 Å². The summed E-state index contributed by atoms with van der Waals surface area (Å²) in [6, 6.07) is 12.0. The summed E-state index contributed by atoms with van der Waals surface area (Å²) in [7, 11) is -3.73. The van der Waals surface area contributed by atoms with Crippen LogP contribution in [0.3, 0.4) is 0 Å². The summed E-state index contributed by atoms with van der Waals surface area (Å²) in [5.74, 6) is -0.408. The maximum absolute atomic E-state index is 13.0. The number of sulfonamides is 1. The lowest BCUT2D eigenvalue weighted by Crippen LogP contribution is -2.31. The number of rotatable bonds is 5. The van der Waals surface area contributed by atoms with Crippen LogP contribution in [0.4, 0.5) is 10.1 Å². The van der Waals surface area contributed by atoms with E-state index in [0.717, 1.165) is 0 Å². The predicted octanol–water partition coefficient (Wildman–Crippen LogP) is 2.50. The Morgan fingerprint density at radius 3 is 2.29 bits per heavy atom. The fourth-order valence-electron chi connectivity index (χ4n) is 2.14. The number of hydrogen-bond donors (Lipinski definition) is 1. The molecule has 0 unspecified atom stereocenters. The van der Waals surface area contributed by atoms with Gasteiger partial charge in [0.2, 0.25) is 0 Å². The Bertz CT molecular complexity index is 715. The maximum Gasteiger partial charge on any atom is 0.264 e. The average molecular weight is 308 g/mol. The highest BCUT2D eigenvalue weighted by Gasteiger charge is 2.25. The standard InChI is InChI=1S/C15H17FN2O2S/c1-2-18(14-9-7-13(16)8-10-14)21(19,20)15-6-4-3-5-12(15)11-17/h3-10H,2,11,17H2,1H3. The molecule has 0 aliphatic carbocycles. The minimum atomic E-state index is -3.73. The van der Waals surface area contributed by atoms with Gasteiger partial charge >= 0.3 is 0 Å². The first-order chi connectivity index (χ1) is 10.0. The van der Waals surface area contributed by atoms with Crippen LogP contribution < -0.4 is 10.0 Å². The monoisotopic (exact) mass is 308 g/mol. The highest BCUT2D eigenvalue weighted by Crippen LogP contribution is 2.25. The summed E-state index contributed by atoms with van der Waals surface area (Å²) in [6.45, 7) is 2.11. The molecule has 6 heteroatoms. The van der Waals surface area contributed by atoms with Crippen molar-refractivity contribution in [1.29, 1.82) is 0 Å². The van der Waals surface area contributed by atoms with Gasteiger partial charge < -0.3 is 5.73 Å². The Labute approximate surface area is 124 Å². The highest BCUT2D eigenvalue weighted by molar-refractivity contribution is 7.92. The van der Waals surface area contributed by atoms with Gasteiger partial charge in [-0.25, -0.2) is 12.8 Å².